The zero-order chi connectivity index (χ0) is 12.1. The summed E-state index contributed by atoms with van der Waals surface area (Å²) in [6.45, 7) is 0. The summed E-state index contributed by atoms with van der Waals surface area (Å²) in [6, 6.07) is 9.21. The van der Waals surface area contributed by atoms with E-state index >= 15 is 0 Å². The first-order valence-electron chi connectivity index (χ1n) is 4.94. The number of aromatic nitrogens is 2. The topological polar surface area (TPSA) is 42.9 Å². The van der Waals surface area contributed by atoms with Crippen LogP contribution in [0.4, 0.5) is 0 Å². The van der Waals surface area contributed by atoms with Crippen molar-refractivity contribution in [2.24, 2.45) is 0 Å². The summed E-state index contributed by atoms with van der Waals surface area (Å²) in [5.74, 6) is 0.459. The minimum absolute atomic E-state index is 0.0843. The fraction of sp³-hybridized carbons (Fsp3) is 0.0833. The highest BCUT2D eigenvalue weighted by molar-refractivity contribution is 9.10. The van der Waals surface area contributed by atoms with E-state index in [4.69, 9.17) is 0 Å². The Hall–Kier alpha value is -1.20. The number of halogens is 1. The van der Waals surface area contributed by atoms with Crippen molar-refractivity contribution in [3.8, 4) is 0 Å². The van der Waals surface area contributed by atoms with Crippen LogP contribution in [0.15, 0.2) is 52.4 Å². The van der Waals surface area contributed by atoms with Crippen molar-refractivity contribution in [3.05, 3.63) is 52.9 Å². The van der Waals surface area contributed by atoms with Gasteiger partial charge in [-0.2, -0.15) is 0 Å². The maximum atomic E-state index is 11.9. The second-order valence-electron chi connectivity index (χ2n) is 3.24. The zero-order valence-corrected chi connectivity index (χ0v) is 11.2. The molecule has 0 radical (unpaired) electrons. The van der Waals surface area contributed by atoms with E-state index in [0.29, 0.717) is 11.3 Å². The predicted octanol–water partition coefficient (Wildman–Crippen LogP) is 3.21. The van der Waals surface area contributed by atoms with Crippen LogP contribution in [0, 0.1) is 0 Å². The van der Waals surface area contributed by atoms with E-state index in [0.717, 1.165) is 9.50 Å². The molecule has 2 aromatic rings. The molecule has 0 unspecified atom stereocenters. The molecule has 0 saturated carbocycles. The number of Topliss-reactive ketones (excluding diaryl/α,β-unsaturated/α-hetero) is 1. The molecule has 3 nitrogen and oxygen atoms in total. The van der Waals surface area contributed by atoms with E-state index in [1.54, 1.807) is 12.3 Å². The summed E-state index contributed by atoms with van der Waals surface area (Å²) in [5, 5.41) is 0.806. The third-order valence-electron chi connectivity index (χ3n) is 2.08. The van der Waals surface area contributed by atoms with E-state index in [1.807, 2.05) is 24.3 Å². The van der Waals surface area contributed by atoms with Gasteiger partial charge in [0.25, 0.3) is 0 Å². The SMILES string of the molecule is O=C(CSc1ccncn1)c1ccccc1Br. The second kappa shape index (κ2) is 5.93. The van der Waals surface area contributed by atoms with Crippen LogP contribution in [0.1, 0.15) is 10.4 Å². The monoisotopic (exact) mass is 308 g/mol. The molecule has 1 heterocycles. The van der Waals surface area contributed by atoms with Crippen LogP contribution >= 0.6 is 27.7 Å². The molecule has 0 fully saturated rings. The van der Waals surface area contributed by atoms with Gasteiger partial charge in [0.2, 0.25) is 0 Å². The van der Waals surface area contributed by atoms with Gasteiger partial charge < -0.3 is 0 Å². The number of hydrogen-bond donors (Lipinski definition) is 0. The van der Waals surface area contributed by atoms with Crippen LogP contribution in [-0.2, 0) is 0 Å². The van der Waals surface area contributed by atoms with Gasteiger partial charge in [0, 0.05) is 16.2 Å². The summed E-state index contributed by atoms with van der Waals surface area (Å²) in [4.78, 5) is 19.8. The Morgan fingerprint density at radius 3 is 2.82 bits per heavy atom. The third kappa shape index (κ3) is 3.38. The average molecular weight is 309 g/mol. The number of carbonyl (C=O) groups excluding carboxylic acids is 1. The molecule has 0 spiro atoms. The standard InChI is InChI=1S/C12H9BrN2OS/c13-10-4-2-1-3-9(10)11(16)7-17-12-5-6-14-8-15-12/h1-6,8H,7H2. The van der Waals surface area contributed by atoms with Crippen molar-refractivity contribution in [1.82, 2.24) is 9.97 Å². The van der Waals surface area contributed by atoms with Gasteiger partial charge >= 0.3 is 0 Å². The minimum atomic E-state index is 0.0843. The molecule has 0 bridgehead atoms. The molecule has 2 rings (SSSR count). The van der Waals surface area contributed by atoms with Crippen LogP contribution in [0.5, 0.6) is 0 Å². The molecule has 1 aromatic heterocycles. The summed E-state index contributed by atoms with van der Waals surface area (Å²) in [5.41, 5.74) is 0.703. The Morgan fingerprint density at radius 2 is 2.12 bits per heavy atom. The van der Waals surface area contributed by atoms with Crippen molar-refractivity contribution in [3.63, 3.8) is 0 Å². The Labute approximate surface area is 112 Å². The minimum Gasteiger partial charge on any atom is -0.293 e. The van der Waals surface area contributed by atoms with Gasteiger partial charge in [-0.1, -0.05) is 45.9 Å². The Balaban J connectivity index is 2.01. The van der Waals surface area contributed by atoms with Crippen molar-refractivity contribution in [2.45, 2.75) is 5.03 Å². The number of thioether (sulfide) groups is 1. The van der Waals surface area contributed by atoms with Gasteiger partial charge in [-0.3, -0.25) is 4.79 Å². The zero-order valence-electron chi connectivity index (χ0n) is 8.84. The van der Waals surface area contributed by atoms with Gasteiger partial charge in [-0.05, 0) is 12.1 Å². The van der Waals surface area contributed by atoms with E-state index in [1.165, 1.54) is 18.1 Å². The molecule has 0 aliphatic rings. The highest BCUT2D eigenvalue weighted by atomic mass is 79.9. The Bertz CT molecular complexity index is 519. The van der Waals surface area contributed by atoms with Crippen LogP contribution in [-0.4, -0.2) is 21.5 Å². The molecular formula is C12H9BrN2OS. The van der Waals surface area contributed by atoms with Gasteiger partial charge in [0.1, 0.15) is 6.33 Å². The molecular weight excluding hydrogens is 300 g/mol. The molecule has 1 aromatic carbocycles. The quantitative estimate of drug-likeness (QED) is 0.494. The number of carbonyl (C=O) groups is 1. The van der Waals surface area contributed by atoms with Crippen LogP contribution < -0.4 is 0 Å². The number of nitrogens with zero attached hydrogens (tertiary/aromatic N) is 2. The van der Waals surface area contributed by atoms with Crippen LogP contribution in [0.3, 0.4) is 0 Å². The maximum Gasteiger partial charge on any atom is 0.174 e. The van der Waals surface area contributed by atoms with Crippen molar-refractivity contribution >= 4 is 33.5 Å². The molecule has 0 saturated heterocycles. The smallest absolute Gasteiger partial charge is 0.174 e. The van der Waals surface area contributed by atoms with E-state index in [-0.39, 0.29) is 5.78 Å². The molecule has 0 aliphatic carbocycles. The molecule has 0 aliphatic heterocycles. The third-order valence-corrected chi connectivity index (χ3v) is 3.72. The lowest BCUT2D eigenvalue weighted by molar-refractivity contribution is 0.102. The van der Waals surface area contributed by atoms with Gasteiger partial charge in [0.05, 0.1) is 10.8 Å². The first-order chi connectivity index (χ1) is 8.27. The predicted molar refractivity (Wildman–Crippen MR) is 71.2 cm³/mol. The maximum absolute atomic E-state index is 11.9. The lowest BCUT2D eigenvalue weighted by Crippen LogP contribution is -2.03. The number of rotatable bonds is 4. The molecule has 5 heteroatoms. The summed E-state index contributed by atoms with van der Waals surface area (Å²) < 4.78 is 0.827. The van der Waals surface area contributed by atoms with Crippen LogP contribution in [0.2, 0.25) is 0 Å². The van der Waals surface area contributed by atoms with E-state index in [9.17, 15) is 4.79 Å². The molecule has 86 valence electrons. The first kappa shape index (κ1) is 12.3. The van der Waals surface area contributed by atoms with Crippen molar-refractivity contribution < 1.29 is 4.79 Å². The largest absolute Gasteiger partial charge is 0.293 e. The fourth-order valence-corrected chi connectivity index (χ4v) is 2.49. The lowest BCUT2D eigenvalue weighted by atomic mass is 10.1. The van der Waals surface area contributed by atoms with Crippen LogP contribution in [0.25, 0.3) is 0 Å². The first-order valence-corrected chi connectivity index (χ1v) is 6.72. The second-order valence-corrected chi connectivity index (χ2v) is 5.09. The highest BCUT2D eigenvalue weighted by Crippen LogP contribution is 2.20. The number of hydrogen-bond acceptors (Lipinski definition) is 4. The van der Waals surface area contributed by atoms with Gasteiger partial charge in [-0.15, -0.1) is 0 Å². The normalized spacial score (nSPS) is 10.2. The lowest BCUT2D eigenvalue weighted by Gasteiger charge is -2.02. The Morgan fingerprint density at radius 1 is 1.29 bits per heavy atom. The summed E-state index contributed by atoms with van der Waals surface area (Å²) in [7, 11) is 0. The van der Waals surface area contributed by atoms with Gasteiger partial charge in [0.15, 0.2) is 5.78 Å². The van der Waals surface area contributed by atoms with Crippen molar-refractivity contribution in [2.75, 3.05) is 5.75 Å². The number of benzene rings is 1. The molecule has 17 heavy (non-hydrogen) atoms. The van der Waals surface area contributed by atoms with E-state index in [2.05, 4.69) is 25.9 Å². The highest BCUT2D eigenvalue weighted by Gasteiger charge is 2.09. The average Bonchev–Trinajstić information content (AvgIpc) is 2.38. The molecule has 0 amide bonds. The summed E-state index contributed by atoms with van der Waals surface area (Å²) in [6.07, 6.45) is 3.14. The molecule has 0 atom stereocenters. The van der Waals surface area contributed by atoms with E-state index < -0.39 is 0 Å². The molecule has 0 N–H and O–H groups in total. The number of ketones is 1. The fourth-order valence-electron chi connectivity index (χ4n) is 1.27. The summed E-state index contributed by atoms with van der Waals surface area (Å²) >= 11 is 4.78. The Kier molecular flexibility index (Phi) is 4.28. The van der Waals surface area contributed by atoms with Crippen molar-refractivity contribution in [1.29, 1.82) is 0 Å². The van der Waals surface area contributed by atoms with Gasteiger partial charge in [-0.25, -0.2) is 9.97 Å².